The van der Waals surface area contributed by atoms with Gasteiger partial charge in [0.2, 0.25) is 35.4 Å². The molecule has 56 nitrogen and oxygen atoms in total. The number of ether oxygens (including phenoxy) is 2. The number of rotatable bonds is 34. The maximum Gasteiger partial charge on any atom is 0.469 e. The van der Waals surface area contributed by atoms with Crippen LogP contribution in [0.4, 0.5) is 19.2 Å². The van der Waals surface area contributed by atoms with Crippen molar-refractivity contribution < 1.29 is 144 Å². The van der Waals surface area contributed by atoms with Crippen molar-refractivity contribution in [2.75, 3.05) is 37.7 Å². The minimum atomic E-state index is -4.94. The van der Waals surface area contributed by atoms with Crippen LogP contribution in [0.1, 0.15) is 101 Å². The van der Waals surface area contributed by atoms with Gasteiger partial charge >= 0.3 is 86.4 Å². The van der Waals surface area contributed by atoms with E-state index >= 15 is 0 Å². The van der Waals surface area contributed by atoms with Gasteiger partial charge in [-0.05, 0) is 68.2 Å². The Morgan fingerprint density at radius 1 is 0.425 bits per heavy atom. The molecule has 0 bridgehead atoms. The number of aryl methyl sites for hydroxylation is 4. The Balaban J connectivity index is 0.000000205. The number of aliphatic carboxylic acids is 2. The number of imide groups is 4. The number of carbonyl (C=O) groups excluding carboxylic acids is 14. The van der Waals surface area contributed by atoms with Gasteiger partial charge in [-0.1, -0.05) is 0 Å². The van der Waals surface area contributed by atoms with Gasteiger partial charge in [0.1, 0.15) is 24.4 Å². The molecule has 12 atom stereocenters. The first-order valence-corrected chi connectivity index (χ1v) is 44.8. The van der Waals surface area contributed by atoms with Crippen molar-refractivity contribution in [3.63, 3.8) is 0 Å². The summed E-state index contributed by atoms with van der Waals surface area (Å²) in [4.78, 5) is 341. The number of aromatic amines is 4. The molecule has 14 amide bonds. The van der Waals surface area contributed by atoms with Crippen LogP contribution in [0.15, 0.2) is 63.1 Å². The first-order valence-electron chi connectivity index (χ1n) is 40.5. The van der Waals surface area contributed by atoms with Gasteiger partial charge in [-0.2, -0.15) is 25.3 Å². The van der Waals surface area contributed by atoms with Crippen LogP contribution in [0.25, 0.3) is 0 Å². The first-order chi connectivity index (χ1) is 62.2. The van der Waals surface area contributed by atoms with Crippen LogP contribution in [-0.4, -0.2) is 303 Å². The number of aromatic nitrogens is 8. The molecule has 12 rings (SSSR count). The number of phosphoric ester groups is 2. The Morgan fingerprint density at radius 2 is 0.701 bits per heavy atom. The summed E-state index contributed by atoms with van der Waals surface area (Å²) in [6.07, 6.45) is -6.19. The maximum atomic E-state index is 12.9. The molecule has 6 saturated heterocycles. The summed E-state index contributed by atoms with van der Waals surface area (Å²) < 4.78 is 47.0. The number of fused-ring (bicyclic) bond motifs is 2. The SMILES string of the molecule is CC12C(=O)NC(=O)N3CC(OC(=O)CCC(=O)C(CS)NC(=O)CCC(O)C(=O)O)CN4C(=O)NC(=O)C1(C)C4C32.CC12C(=O)NC(=O)N3CC(OP(=O)(O)O)CN4C(=O)NC(=O)C1(C)C4C32.Cc1cn(CC(Cn2cc(C)c(=O)[nH]c2=O)OC(=O)CCC(=O)C(CS)NC(=O)CCC(O)C(=O)O)c(=O)[nH]c1=O.Cc1cn(CC(Cn2cc(C)c(=O)[nH]c2=O)OP(=O)(O)O)c(=O)[nH]c1=O. The van der Waals surface area contributed by atoms with Crippen LogP contribution >= 0.6 is 40.9 Å². The molecule has 2 saturated carbocycles. The number of carboxylic acid groups (broad SMARTS) is 2. The number of carboxylic acids is 2. The van der Waals surface area contributed by atoms with Gasteiger partial charge in [0, 0.05) is 84.2 Å². The van der Waals surface area contributed by atoms with Crippen LogP contribution in [0.3, 0.4) is 0 Å². The van der Waals surface area contributed by atoms with Gasteiger partial charge in [-0.25, -0.2) is 57.1 Å². The third kappa shape index (κ3) is 22.8. The molecule has 0 spiro atoms. The average molecular weight is 1970 g/mol. The molecular formula is C74H96N18O38P2S2. The van der Waals surface area contributed by atoms with Gasteiger partial charge < -0.3 is 79.7 Å². The highest BCUT2D eigenvalue weighted by molar-refractivity contribution is 7.80. The zero-order valence-corrected chi connectivity index (χ0v) is 75.7. The van der Waals surface area contributed by atoms with Crippen molar-refractivity contribution in [3.8, 4) is 0 Å². The summed E-state index contributed by atoms with van der Waals surface area (Å²) in [7, 11) is -9.83. The van der Waals surface area contributed by atoms with Crippen LogP contribution in [-0.2, 0) is 111 Å². The van der Waals surface area contributed by atoms with Crippen molar-refractivity contribution in [1.29, 1.82) is 0 Å². The van der Waals surface area contributed by atoms with E-state index in [1.165, 1.54) is 72.1 Å². The fraction of sp³-hybridized carbons (Fsp3) is 0.568. The molecule has 18 N–H and O–H groups in total. The lowest BCUT2D eigenvalue weighted by Gasteiger charge is -2.70. The monoisotopic (exact) mass is 1970 g/mol. The lowest BCUT2D eigenvalue weighted by molar-refractivity contribution is -0.209. The van der Waals surface area contributed by atoms with E-state index < -0.39 is 263 Å². The van der Waals surface area contributed by atoms with Crippen molar-refractivity contribution in [2.24, 2.45) is 21.7 Å². The van der Waals surface area contributed by atoms with E-state index in [9.17, 15) is 134 Å². The molecule has 4 aromatic heterocycles. The molecule has 8 aliphatic rings. The average Bonchev–Trinajstić information content (AvgIpc) is 1.63. The number of H-pyrrole nitrogens is 4. The minimum absolute atomic E-state index is 0.102. The molecule has 0 radical (unpaired) electrons. The molecule has 134 heavy (non-hydrogen) atoms. The highest BCUT2D eigenvalue weighted by Crippen LogP contribution is 2.65. The van der Waals surface area contributed by atoms with E-state index in [2.05, 4.69) is 81.6 Å². The van der Waals surface area contributed by atoms with Gasteiger partial charge in [0.05, 0.1) is 123 Å². The fourth-order valence-electron chi connectivity index (χ4n) is 16.9. The van der Waals surface area contributed by atoms with Crippen molar-refractivity contribution in [3.05, 3.63) is 130 Å². The predicted molar refractivity (Wildman–Crippen MR) is 452 cm³/mol. The molecule has 0 aromatic carbocycles. The number of ketones is 2. The summed E-state index contributed by atoms with van der Waals surface area (Å²) in [6.45, 7) is 9.93. The van der Waals surface area contributed by atoms with Crippen LogP contribution < -0.4 is 76.9 Å². The van der Waals surface area contributed by atoms with E-state index in [1.54, 1.807) is 27.7 Å². The fourth-order valence-corrected chi connectivity index (χ4v) is 18.6. The number of nitrogens with one attached hydrogen (secondary N) is 10. The zero-order chi connectivity index (χ0) is 100. The Bertz CT molecular complexity index is 5820. The molecule has 732 valence electrons. The minimum Gasteiger partial charge on any atom is -0.479 e. The molecule has 2 aliphatic carbocycles. The quantitative estimate of drug-likeness (QED) is 0.0117. The topological polar surface area (TPSA) is 811 Å². The summed E-state index contributed by atoms with van der Waals surface area (Å²) in [5, 5.41) is 49.6. The number of aliphatic hydroxyl groups excluding tert-OH is 2. The highest BCUT2D eigenvalue weighted by Gasteiger charge is 2.83. The number of esters is 2. The van der Waals surface area contributed by atoms with Gasteiger partial charge in [-0.3, -0.25) is 136 Å². The highest BCUT2D eigenvalue weighted by atomic mass is 32.1. The van der Waals surface area contributed by atoms with Crippen LogP contribution in [0.5, 0.6) is 0 Å². The third-order valence-electron chi connectivity index (χ3n) is 24.2. The number of Topliss-reactive ketones (excluding diaryl/α,β-unsaturated/α-hetero) is 2. The molecule has 10 heterocycles. The van der Waals surface area contributed by atoms with Gasteiger partial charge in [-0.15, -0.1) is 0 Å². The molecule has 8 fully saturated rings. The summed E-state index contributed by atoms with van der Waals surface area (Å²) in [6, 6.07) is -8.37. The molecule has 12 unspecified atom stereocenters. The number of hydrogen-bond donors (Lipinski definition) is 20. The largest absolute Gasteiger partial charge is 0.479 e. The normalized spacial score (nSPS) is 23.9. The van der Waals surface area contributed by atoms with E-state index in [0.29, 0.717) is 0 Å². The summed E-state index contributed by atoms with van der Waals surface area (Å²) >= 11 is 8.06. The number of urea groups is 4. The van der Waals surface area contributed by atoms with Gasteiger partial charge in [0.15, 0.2) is 23.8 Å². The zero-order valence-electron chi connectivity index (χ0n) is 72.2. The van der Waals surface area contributed by atoms with Crippen molar-refractivity contribution in [2.45, 2.75) is 206 Å². The Morgan fingerprint density at radius 3 is 0.970 bits per heavy atom. The lowest BCUT2D eigenvalue weighted by Crippen LogP contribution is -2.90. The standard InChI is InChI=1S/2C24H31N5O11S.2C13H17N4O8P/c1-23-16-17-24(23,2)20(37)27-22(39)29(17)8-10(7-28(16)21(38)26-19(23)36)40-15(33)6-4-12(30)11(9-41)25-14(32)5-3-13(31)18(34)35;1-12-7-28(23(38)26-20(12)34)9-14(10-29-8-13(2)21(35)27-24(29)39)40-19(33)6-4-16(30)15(11-41)25-18(32)5-3-17(31)22(36)37;1-12-6-7-13(12,2)9(19)15-11(21)17(7)4-5(25-26(22,23)24)3-16(6)10(20)14-8(12)18;1-7-3-16(12(20)14-10(7)18)5-9(25-26(22,23)24)6-17-4-8(2)11(19)15-13(17)21/h10-11,13,16-17,31,41H,3-9H2,1-2H3,(H,25,32)(H,34,35)(H,26,36,38)(H,27,37,39);7-8,14-15,17,31,41H,3-6,9-11H2,1-2H3,(H,25,32)(H,36,37)(H,26,34,38)(H,27,35,39);5-7H,3-4H2,1-2H3,(H,14,18,20)(H,15,19,21)(H2,22,23,24);3-4,9H,5-6H2,1-2H3,(H,14,18,20)(H,15,19,21)(H2,22,23,24). The number of amides is 14. The maximum absolute atomic E-state index is 12.9. The number of phosphoric acid groups is 2. The Labute approximate surface area is 762 Å². The molecule has 4 aromatic rings. The van der Waals surface area contributed by atoms with Crippen molar-refractivity contribution >= 4 is 136 Å². The number of carbonyl (C=O) groups is 16. The Hall–Kier alpha value is -12.5. The van der Waals surface area contributed by atoms with E-state index in [4.69, 9.17) is 43.8 Å². The molecule has 6 aliphatic heterocycles. The Kier molecular flexibility index (Phi) is 32.6. The second kappa shape index (κ2) is 41.5. The molecular weight excluding hydrogens is 1870 g/mol. The second-order valence-corrected chi connectivity index (χ2v) is 36.2. The summed E-state index contributed by atoms with van der Waals surface area (Å²) in [5.74, 6) is -9.88. The van der Waals surface area contributed by atoms with Crippen molar-refractivity contribution in [1.82, 2.24) is 89.7 Å². The third-order valence-corrected chi connectivity index (χ3v) is 26.1. The number of nitrogens with zero attached hydrogens (tertiary/aromatic N) is 8. The first kappa shape index (κ1) is 105. The number of hydrogen-bond acceptors (Lipinski definition) is 34. The van der Waals surface area contributed by atoms with E-state index in [1.807, 2.05) is 0 Å². The van der Waals surface area contributed by atoms with Gasteiger partial charge in [0.25, 0.3) is 22.2 Å². The number of aliphatic hydroxyl groups is 2. The van der Waals surface area contributed by atoms with Crippen LogP contribution in [0.2, 0.25) is 0 Å². The lowest BCUT2D eigenvalue weighted by atomic mass is 9.42. The predicted octanol–water partition coefficient (Wildman–Crippen LogP) is -8.10. The van der Waals surface area contributed by atoms with E-state index in [0.717, 1.165) is 18.3 Å². The summed E-state index contributed by atoms with van der Waals surface area (Å²) in [5.41, 5.74) is -10.0. The van der Waals surface area contributed by atoms with E-state index in [-0.39, 0.29) is 125 Å². The van der Waals surface area contributed by atoms with Crippen LogP contribution in [0, 0.1) is 49.4 Å². The number of thiol groups is 2. The smallest absolute Gasteiger partial charge is 0.469 e. The second-order valence-electron chi connectivity index (χ2n) is 33.1. The molecule has 60 heteroatoms.